The Hall–Kier alpha value is -4.13. The van der Waals surface area contributed by atoms with Crippen molar-refractivity contribution in [3.8, 4) is 5.75 Å². The van der Waals surface area contributed by atoms with E-state index in [1.807, 2.05) is 61.6 Å². The summed E-state index contributed by atoms with van der Waals surface area (Å²) in [5, 5.41) is 2.82. The summed E-state index contributed by atoms with van der Waals surface area (Å²) < 4.78 is 25.7. The van der Waals surface area contributed by atoms with E-state index in [1.54, 1.807) is 22.3 Å². The Balaban J connectivity index is 1.65. The van der Waals surface area contributed by atoms with Gasteiger partial charge in [0.15, 0.2) is 5.70 Å². The van der Waals surface area contributed by atoms with Gasteiger partial charge in [-0.05, 0) is 70.9 Å². The number of hydrogen-bond acceptors (Lipinski definition) is 2. The Morgan fingerprint density at radius 3 is 2.31 bits per heavy atom. The van der Waals surface area contributed by atoms with E-state index in [1.165, 1.54) is 12.5 Å². The second kappa shape index (κ2) is 10.6. The average molecular weight is 565 g/mol. The van der Waals surface area contributed by atoms with Crippen molar-refractivity contribution >= 4 is 42.8 Å². The normalized spacial score (nSPS) is 14.8. The summed E-state index contributed by atoms with van der Waals surface area (Å²) in [6.45, 7) is 16.7. The molecule has 0 spiro atoms. The molecule has 1 amide bonds. The largest absolute Gasteiger partial charge is 0.846 e. The van der Waals surface area contributed by atoms with Crippen molar-refractivity contribution in [2.45, 2.75) is 66.2 Å². The van der Waals surface area contributed by atoms with Crippen LogP contribution in [0.5, 0.6) is 5.75 Å². The van der Waals surface area contributed by atoms with Crippen LogP contribution in [0.25, 0.3) is 17.7 Å². The van der Waals surface area contributed by atoms with Crippen LogP contribution in [0.4, 0.5) is 10.0 Å². The number of halogens is 1. The molecule has 0 aliphatic carbocycles. The van der Waals surface area contributed by atoms with Gasteiger partial charge in [0.2, 0.25) is 5.91 Å². The molecule has 0 bridgehead atoms. The summed E-state index contributed by atoms with van der Waals surface area (Å²) in [7, 11) is 0.319. The first-order valence-electron chi connectivity index (χ1n) is 14.4. The van der Waals surface area contributed by atoms with Gasteiger partial charge >= 0.3 is 7.26 Å². The predicted molar refractivity (Wildman–Crippen MR) is 173 cm³/mol. The van der Waals surface area contributed by atoms with Crippen LogP contribution in [0.15, 0.2) is 60.3 Å². The second-order valence-electron chi connectivity index (χ2n) is 13.2. The van der Waals surface area contributed by atoms with Crippen LogP contribution in [-0.2, 0) is 15.6 Å². The molecule has 0 unspecified atom stereocenters. The molecule has 3 aromatic rings. The molecule has 0 saturated carbocycles. The summed E-state index contributed by atoms with van der Waals surface area (Å²) in [4.78, 5) is 11.5. The molecule has 3 heterocycles. The Labute approximate surface area is 249 Å². The van der Waals surface area contributed by atoms with Crippen molar-refractivity contribution in [3.05, 3.63) is 99.5 Å². The van der Waals surface area contributed by atoms with Crippen molar-refractivity contribution in [1.29, 1.82) is 0 Å². The van der Waals surface area contributed by atoms with E-state index in [0.717, 1.165) is 56.3 Å². The summed E-state index contributed by atoms with van der Waals surface area (Å²) in [6.07, 6.45) is 9.65. The summed E-state index contributed by atoms with van der Waals surface area (Å²) in [5.41, 5.74) is 9.18. The maximum absolute atomic E-state index is 16.3. The van der Waals surface area contributed by atoms with Crippen molar-refractivity contribution in [3.63, 3.8) is 0 Å². The maximum Gasteiger partial charge on any atom is 0.846 e. The number of amides is 1. The number of rotatable bonds is 5. The van der Waals surface area contributed by atoms with Gasteiger partial charge in [-0.2, -0.15) is 0 Å². The van der Waals surface area contributed by atoms with Gasteiger partial charge < -0.3 is 10.1 Å². The minimum atomic E-state index is -1.39. The summed E-state index contributed by atoms with van der Waals surface area (Å²) in [6, 6.07) is 14.2. The molecule has 1 N–H and O–H groups in total. The minimum absolute atomic E-state index is 0.0477. The number of fused-ring (bicyclic) bond motifs is 2. The van der Waals surface area contributed by atoms with E-state index in [2.05, 4.69) is 59.0 Å². The number of allylic oxidation sites excluding steroid dienone is 2. The molecule has 0 saturated heterocycles. The lowest BCUT2D eigenvalue weighted by molar-refractivity contribution is -0.329. The minimum Gasteiger partial charge on any atom is -0.496 e. The van der Waals surface area contributed by atoms with Crippen LogP contribution < -0.4 is 10.1 Å². The highest BCUT2D eigenvalue weighted by atomic mass is 19.1. The Bertz CT molecular complexity index is 1690. The molecular formula is C35H40BFN3O2+. The first-order valence-corrected chi connectivity index (χ1v) is 14.4. The van der Waals surface area contributed by atoms with Gasteiger partial charge in [-0.15, -0.1) is 0 Å². The van der Waals surface area contributed by atoms with Crippen molar-refractivity contribution < 1.29 is 18.3 Å². The lowest BCUT2D eigenvalue weighted by Crippen LogP contribution is -2.39. The number of aryl methyl sites for hydroxylation is 1. The SMILES string of the molecule is COc1c(/C=C/c2cc(C)c3n2B(F)[N+]2=CC=CC2=C3c2ccc(NC(C)=O)cc2)cc(C(C)(C)C)cc1C(C)(C)C. The Morgan fingerprint density at radius 2 is 1.71 bits per heavy atom. The highest BCUT2D eigenvalue weighted by molar-refractivity contribution is 6.43. The number of carbonyl (C=O) groups is 1. The standard InChI is InChI=1S/C35H39BFN3O2/c1-22-19-28(17-14-25-20-26(34(3,4)5)21-29(33(25)42-9)35(6,7)8)40-32(22)31(30-11-10-18-39(30)36(40)37)24-12-15-27(16-13-24)38-23(2)41/h10-21H,1-9H3/p+1/b17-14+. The van der Waals surface area contributed by atoms with E-state index in [-0.39, 0.29) is 16.7 Å². The van der Waals surface area contributed by atoms with Crippen LogP contribution in [0.3, 0.4) is 0 Å². The van der Waals surface area contributed by atoms with E-state index in [9.17, 15) is 4.79 Å². The molecule has 1 aromatic heterocycles. The zero-order valence-corrected chi connectivity index (χ0v) is 26.1. The van der Waals surface area contributed by atoms with Gasteiger partial charge in [-0.25, -0.2) is 8.80 Å². The molecule has 2 aliphatic rings. The highest BCUT2D eigenvalue weighted by Gasteiger charge is 2.48. The number of benzene rings is 2. The van der Waals surface area contributed by atoms with Gasteiger partial charge in [0.25, 0.3) is 0 Å². The molecule has 0 radical (unpaired) electrons. The molecule has 2 aromatic carbocycles. The van der Waals surface area contributed by atoms with E-state index in [0.29, 0.717) is 0 Å². The van der Waals surface area contributed by atoms with Gasteiger partial charge in [-0.1, -0.05) is 59.7 Å². The van der Waals surface area contributed by atoms with Crippen molar-refractivity contribution in [1.82, 2.24) is 4.48 Å². The highest BCUT2D eigenvalue weighted by Crippen LogP contribution is 2.41. The average Bonchev–Trinajstić information content (AvgIpc) is 3.52. The Morgan fingerprint density at radius 1 is 1.02 bits per heavy atom. The molecule has 216 valence electrons. The number of nitrogens with one attached hydrogen (secondary N) is 1. The monoisotopic (exact) mass is 564 g/mol. The topological polar surface area (TPSA) is 46.3 Å². The molecule has 42 heavy (non-hydrogen) atoms. The first kappa shape index (κ1) is 29.4. The number of nitrogens with zero attached hydrogens (tertiary/aromatic N) is 2. The Kier molecular flexibility index (Phi) is 7.42. The fourth-order valence-electron chi connectivity index (χ4n) is 5.77. The number of anilines is 1. The summed E-state index contributed by atoms with van der Waals surface area (Å²) in [5.74, 6) is 0.715. The molecular weight excluding hydrogens is 524 g/mol. The fourth-order valence-corrected chi connectivity index (χ4v) is 5.77. The molecule has 7 heteroatoms. The number of ether oxygens (including phenoxy) is 1. The molecule has 2 aliphatic heterocycles. The van der Waals surface area contributed by atoms with Gasteiger partial charge in [0.05, 0.1) is 18.4 Å². The van der Waals surface area contributed by atoms with Crippen molar-refractivity contribution in [2.75, 3.05) is 12.4 Å². The first-order chi connectivity index (χ1) is 19.7. The molecule has 5 nitrogen and oxygen atoms in total. The smallest absolute Gasteiger partial charge is 0.496 e. The van der Waals surface area contributed by atoms with E-state index >= 15 is 4.32 Å². The molecule has 5 rings (SSSR count). The molecule has 0 fully saturated rings. The number of hydrogen-bond donors (Lipinski definition) is 1. The third-order valence-electron chi connectivity index (χ3n) is 7.89. The van der Waals surface area contributed by atoms with Crippen LogP contribution in [0.1, 0.15) is 87.7 Å². The summed E-state index contributed by atoms with van der Waals surface area (Å²) >= 11 is 0. The maximum atomic E-state index is 16.3. The second-order valence-corrected chi connectivity index (χ2v) is 13.2. The van der Waals surface area contributed by atoms with Gasteiger partial charge in [-0.3, -0.25) is 9.27 Å². The van der Waals surface area contributed by atoms with Crippen LogP contribution >= 0.6 is 0 Å². The quantitative estimate of drug-likeness (QED) is 0.322. The van der Waals surface area contributed by atoms with Crippen LogP contribution in [0.2, 0.25) is 0 Å². The van der Waals surface area contributed by atoms with E-state index in [4.69, 9.17) is 4.74 Å². The fraction of sp³-hybridized carbons (Fsp3) is 0.314. The zero-order chi connectivity index (χ0) is 30.6. The lowest BCUT2D eigenvalue weighted by atomic mass is 9.79. The predicted octanol–water partition coefficient (Wildman–Crippen LogP) is 7.76. The van der Waals surface area contributed by atoms with Gasteiger partial charge in [0, 0.05) is 41.6 Å². The van der Waals surface area contributed by atoms with E-state index < -0.39 is 7.26 Å². The third kappa shape index (κ3) is 5.28. The number of carbonyl (C=O) groups excluding carboxylic acids is 1. The van der Waals surface area contributed by atoms with Crippen LogP contribution in [-0.4, -0.2) is 35.5 Å². The van der Waals surface area contributed by atoms with Crippen LogP contribution in [0, 0.1) is 6.92 Å². The third-order valence-corrected chi connectivity index (χ3v) is 7.89. The number of methoxy groups -OCH3 is 1. The van der Waals surface area contributed by atoms with Gasteiger partial charge in [0.1, 0.15) is 12.0 Å². The molecule has 0 atom stereocenters. The lowest BCUT2D eigenvalue weighted by Gasteiger charge is -2.28. The zero-order valence-electron chi connectivity index (χ0n) is 26.1. The van der Waals surface area contributed by atoms with Crippen molar-refractivity contribution in [2.24, 2.45) is 0 Å². The number of aromatic nitrogens is 1.